The van der Waals surface area contributed by atoms with Crippen LogP contribution in [0.5, 0.6) is 0 Å². The average molecular weight is 337 g/mol. The van der Waals surface area contributed by atoms with E-state index in [4.69, 9.17) is 0 Å². The zero-order chi connectivity index (χ0) is 18.1. The highest BCUT2D eigenvalue weighted by Gasteiger charge is 2.08. The fourth-order valence-corrected chi connectivity index (χ4v) is 3.45. The van der Waals surface area contributed by atoms with Gasteiger partial charge in [0.05, 0.1) is 0 Å². The number of carbonyl (C=O) groups excluding carboxylic acids is 1. The number of fused-ring (bicyclic) bond motifs is 3. The topological polar surface area (TPSA) is 30.0 Å². The number of allylic oxidation sites excluding steroid dienone is 1. The summed E-state index contributed by atoms with van der Waals surface area (Å²) in [6.07, 6.45) is 6.82. The zero-order valence-corrected chi connectivity index (χ0v) is 14.9. The first-order chi connectivity index (χ1) is 12.6. The molecule has 0 bridgehead atoms. The number of hydrogen-bond donors (Lipinski definition) is 0. The molecule has 0 aliphatic carbocycles. The minimum Gasteiger partial charge on any atom is -0.289 e. The largest absolute Gasteiger partial charge is 0.289 e. The fourth-order valence-electron chi connectivity index (χ4n) is 3.45. The Morgan fingerprint density at radius 1 is 0.962 bits per heavy atom. The average Bonchev–Trinajstić information content (AvgIpc) is 2.66. The Bertz CT molecular complexity index is 1160. The van der Waals surface area contributed by atoms with Crippen molar-refractivity contribution in [3.63, 3.8) is 0 Å². The van der Waals surface area contributed by atoms with E-state index in [2.05, 4.69) is 61.3 Å². The molecule has 0 radical (unpaired) electrons. The lowest BCUT2D eigenvalue weighted by atomic mass is 9.93. The summed E-state index contributed by atoms with van der Waals surface area (Å²) < 4.78 is 0. The molecule has 0 unspecified atom stereocenters. The van der Waals surface area contributed by atoms with Crippen LogP contribution in [0.3, 0.4) is 0 Å². The molecule has 0 atom stereocenters. The monoisotopic (exact) mass is 337 g/mol. The summed E-state index contributed by atoms with van der Waals surface area (Å²) in [4.78, 5) is 16.4. The van der Waals surface area contributed by atoms with Gasteiger partial charge in [-0.1, -0.05) is 48.0 Å². The summed E-state index contributed by atoms with van der Waals surface area (Å²) in [7, 11) is 0. The number of ketones is 1. The van der Waals surface area contributed by atoms with Crippen molar-refractivity contribution in [2.75, 3.05) is 0 Å². The van der Waals surface area contributed by atoms with Crippen LogP contribution >= 0.6 is 0 Å². The van der Waals surface area contributed by atoms with Gasteiger partial charge in [-0.05, 0) is 70.8 Å². The Labute approximate surface area is 152 Å². The number of aromatic nitrogens is 1. The quantitative estimate of drug-likeness (QED) is 0.265. The van der Waals surface area contributed by atoms with Gasteiger partial charge in [-0.3, -0.25) is 9.78 Å². The standard InChI is InChI=1S/C24H19NO/c1-16-8-10-22-20(13-16)14-18(21-7-3-5-17(2)24(21)22)9-11-23(26)19-6-4-12-25-15-19/h3-15H,1-2H3/b11-9+. The number of nitrogens with zero attached hydrogens (tertiary/aromatic N) is 1. The molecule has 3 aromatic carbocycles. The van der Waals surface area contributed by atoms with Crippen molar-refractivity contribution in [2.45, 2.75) is 13.8 Å². The van der Waals surface area contributed by atoms with Crippen molar-refractivity contribution in [3.05, 3.63) is 95.3 Å². The van der Waals surface area contributed by atoms with Gasteiger partial charge in [0, 0.05) is 18.0 Å². The molecule has 0 saturated carbocycles. The predicted molar refractivity (Wildman–Crippen MR) is 109 cm³/mol. The highest BCUT2D eigenvalue weighted by atomic mass is 16.1. The molecular weight excluding hydrogens is 318 g/mol. The third-order valence-corrected chi connectivity index (χ3v) is 4.73. The summed E-state index contributed by atoms with van der Waals surface area (Å²) >= 11 is 0. The Kier molecular flexibility index (Phi) is 4.10. The third-order valence-electron chi connectivity index (χ3n) is 4.73. The molecule has 0 amide bonds. The van der Waals surface area contributed by atoms with Gasteiger partial charge in [0.2, 0.25) is 0 Å². The molecule has 1 aromatic heterocycles. The van der Waals surface area contributed by atoms with E-state index in [9.17, 15) is 4.79 Å². The van der Waals surface area contributed by atoms with E-state index < -0.39 is 0 Å². The van der Waals surface area contributed by atoms with E-state index in [1.807, 2.05) is 6.08 Å². The van der Waals surface area contributed by atoms with Crippen LogP contribution in [-0.4, -0.2) is 10.8 Å². The molecule has 0 fully saturated rings. The summed E-state index contributed by atoms with van der Waals surface area (Å²) in [5.74, 6) is -0.0387. The van der Waals surface area contributed by atoms with E-state index in [-0.39, 0.29) is 5.78 Å². The number of hydrogen-bond acceptors (Lipinski definition) is 2. The Hall–Kier alpha value is -3.26. The lowest BCUT2D eigenvalue weighted by Crippen LogP contribution is -1.94. The number of pyridine rings is 1. The van der Waals surface area contributed by atoms with Crippen LogP contribution in [0.4, 0.5) is 0 Å². The second-order valence-electron chi connectivity index (χ2n) is 6.63. The van der Waals surface area contributed by atoms with E-state index in [1.165, 1.54) is 27.3 Å². The third kappa shape index (κ3) is 2.91. The predicted octanol–water partition coefficient (Wildman–Crippen LogP) is 5.90. The molecule has 2 nitrogen and oxygen atoms in total. The van der Waals surface area contributed by atoms with Crippen LogP contribution in [0.2, 0.25) is 0 Å². The van der Waals surface area contributed by atoms with Crippen molar-refractivity contribution < 1.29 is 4.79 Å². The number of benzene rings is 3. The van der Waals surface area contributed by atoms with E-state index in [1.54, 1.807) is 30.6 Å². The van der Waals surface area contributed by atoms with Gasteiger partial charge in [0.1, 0.15) is 0 Å². The molecule has 26 heavy (non-hydrogen) atoms. The second kappa shape index (κ2) is 6.57. The summed E-state index contributed by atoms with van der Waals surface area (Å²) in [6, 6.07) is 18.6. The second-order valence-corrected chi connectivity index (χ2v) is 6.63. The molecular formula is C24H19NO. The molecule has 0 aliphatic heterocycles. The molecule has 0 saturated heterocycles. The summed E-state index contributed by atoms with van der Waals surface area (Å²) in [5, 5.41) is 4.86. The number of carbonyl (C=O) groups is 1. The van der Waals surface area contributed by atoms with E-state index >= 15 is 0 Å². The molecule has 4 aromatic rings. The van der Waals surface area contributed by atoms with Crippen molar-refractivity contribution in [2.24, 2.45) is 0 Å². The van der Waals surface area contributed by atoms with Crippen molar-refractivity contribution in [3.8, 4) is 0 Å². The first kappa shape index (κ1) is 16.2. The number of rotatable bonds is 3. The molecule has 4 rings (SSSR count). The van der Waals surface area contributed by atoms with Gasteiger partial charge in [-0.15, -0.1) is 0 Å². The molecule has 2 heteroatoms. The van der Waals surface area contributed by atoms with Crippen LogP contribution in [-0.2, 0) is 0 Å². The van der Waals surface area contributed by atoms with Crippen LogP contribution in [0.15, 0.2) is 73.1 Å². The molecule has 0 N–H and O–H groups in total. The first-order valence-corrected chi connectivity index (χ1v) is 8.68. The zero-order valence-electron chi connectivity index (χ0n) is 14.9. The molecule has 126 valence electrons. The normalized spacial score (nSPS) is 11.5. The van der Waals surface area contributed by atoms with Crippen molar-refractivity contribution in [1.82, 2.24) is 4.98 Å². The Morgan fingerprint density at radius 2 is 1.85 bits per heavy atom. The van der Waals surface area contributed by atoms with Crippen LogP contribution in [0.25, 0.3) is 27.6 Å². The highest BCUT2D eigenvalue weighted by Crippen LogP contribution is 2.32. The SMILES string of the molecule is Cc1ccc2c(c1)cc(/C=C/C(=O)c1cccnc1)c1cccc(C)c12. The molecule has 0 spiro atoms. The van der Waals surface area contributed by atoms with Crippen LogP contribution < -0.4 is 0 Å². The minimum atomic E-state index is -0.0387. The van der Waals surface area contributed by atoms with Gasteiger partial charge < -0.3 is 0 Å². The van der Waals surface area contributed by atoms with E-state index in [0.717, 1.165) is 10.9 Å². The van der Waals surface area contributed by atoms with Gasteiger partial charge >= 0.3 is 0 Å². The van der Waals surface area contributed by atoms with Crippen molar-refractivity contribution >= 4 is 33.4 Å². The van der Waals surface area contributed by atoms with Gasteiger partial charge in [0.15, 0.2) is 5.78 Å². The summed E-state index contributed by atoms with van der Waals surface area (Å²) in [6.45, 7) is 4.23. The summed E-state index contributed by atoms with van der Waals surface area (Å²) in [5.41, 5.74) is 4.12. The van der Waals surface area contributed by atoms with Crippen LogP contribution in [0.1, 0.15) is 27.0 Å². The lowest BCUT2D eigenvalue weighted by molar-refractivity contribution is 0.104. The highest BCUT2D eigenvalue weighted by molar-refractivity contribution is 6.14. The fraction of sp³-hybridized carbons (Fsp3) is 0.0833. The maximum atomic E-state index is 12.4. The van der Waals surface area contributed by atoms with E-state index in [0.29, 0.717) is 5.56 Å². The number of aryl methyl sites for hydroxylation is 2. The molecule has 1 heterocycles. The molecule has 0 aliphatic rings. The minimum absolute atomic E-state index is 0.0387. The van der Waals surface area contributed by atoms with Crippen molar-refractivity contribution in [1.29, 1.82) is 0 Å². The maximum Gasteiger partial charge on any atom is 0.187 e. The smallest absolute Gasteiger partial charge is 0.187 e. The van der Waals surface area contributed by atoms with Gasteiger partial charge in [0.25, 0.3) is 0 Å². The Morgan fingerprint density at radius 3 is 2.65 bits per heavy atom. The maximum absolute atomic E-state index is 12.4. The lowest BCUT2D eigenvalue weighted by Gasteiger charge is -2.11. The first-order valence-electron chi connectivity index (χ1n) is 8.68. The van der Waals surface area contributed by atoms with Crippen LogP contribution in [0, 0.1) is 13.8 Å². The Balaban J connectivity index is 1.90. The van der Waals surface area contributed by atoms with Gasteiger partial charge in [-0.25, -0.2) is 0 Å². The van der Waals surface area contributed by atoms with Gasteiger partial charge in [-0.2, -0.15) is 0 Å².